The molecule has 0 aliphatic heterocycles. The molecule has 86 valence electrons. The summed E-state index contributed by atoms with van der Waals surface area (Å²) in [6.45, 7) is 9.85. The summed E-state index contributed by atoms with van der Waals surface area (Å²) in [4.78, 5) is 10.4. The van der Waals surface area contributed by atoms with Crippen LogP contribution in [0.15, 0.2) is 16.9 Å². The molecule has 0 spiro atoms. The highest BCUT2D eigenvalue weighted by atomic mass is 16.4. The van der Waals surface area contributed by atoms with Gasteiger partial charge in [-0.15, -0.1) is 0 Å². The van der Waals surface area contributed by atoms with E-state index >= 15 is 0 Å². The van der Waals surface area contributed by atoms with Gasteiger partial charge in [0.05, 0.1) is 0 Å². The van der Waals surface area contributed by atoms with Crippen molar-refractivity contribution in [2.24, 2.45) is 10.5 Å². The van der Waals surface area contributed by atoms with Gasteiger partial charge < -0.3 is 5.11 Å². The van der Waals surface area contributed by atoms with Crippen LogP contribution in [0.1, 0.15) is 34.6 Å². The van der Waals surface area contributed by atoms with Crippen molar-refractivity contribution in [3.63, 3.8) is 0 Å². The number of allylic oxidation sites excluding steroid dienone is 1. The van der Waals surface area contributed by atoms with E-state index < -0.39 is 5.97 Å². The SMILES string of the molecule is CC(=CC(=O)O)N(C)N=C(C)C(C)(C)C. The Morgan fingerprint density at radius 1 is 1.33 bits per heavy atom. The third-order valence-corrected chi connectivity index (χ3v) is 2.23. The summed E-state index contributed by atoms with van der Waals surface area (Å²) in [5, 5.41) is 14.5. The number of carboxylic acid groups (broad SMARTS) is 1. The molecule has 0 rings (SSSR count). The van der Waals surface area contributed by atoms with Crippen molar-refractivity contribution in [1.82, 2.24) is 5.01 Å². The van der Waals surface area contributed by atoms with Gasteiger partial charge >= 0.3 is 5.97 Å². The number of hydrazone groups is 1. The molecule has 0 radical (unpaired) electrons. The number of carboxylic acids is 1. The van der Waals surface area contributed by atoms with Gasteiger partial charge in [0.15, 0.2) is 0 Å². The van der Waals surface area contributed by atoms with Gasteiger partial charge in [-0.2, -0.15) is 5.10 Å². The summed E-state index contributed by atoms with van der Waals surface area (Å²) >= 11 is 0. The monoisotopic (exact) mass is 212 g/mol. The predicted molar refractivity (Wildman–Crippen MR) is 61.7 cm³/mol. The van der Waals surface area contributed by atoms with Crippen LogP contribution in [-0.2, 0) is 4.79 Å². The van der Waals surface area contributed by atoms with Crippen LogP contribution < -0.4 is 0 Å². The maximum atomic E-state index is 10.4. The first kappa shape index (κ1) is 13.7. The van der Waals surface area contributed by atoms with Crippen molar-refractivity contribution in [3.05, 3.63) is 11.8 Å². The van der Waals surface area contributed by atoms with Crippen LogP contribution in [0, 0.1) is 5.41 Å². The van der Waals surface area contributed by atoms with Crippen LogP contribution >= 0.6 is 0 Å². The third kappa shape index (κ3) is 5.20. The first-order chi connectivity index (χ1) is 6.64. The minimum atomic E-state index is -0.956. The smallest absolute Gasteiger partial charge is 0.330 e. The zero-order valence-corrected chi connectivity index (χ0v) is 10.3. The average molecular weight is 212 g/mol. The average Bonchev–Trinajstić information content (AvgIpc) is 2.00. The molecule has 0 aromatic carbocycles. The third-order valence-electron chi connectivity index (χ3n) is 2.23. The van der Waals surface area contributed by atoms with Crippen LogP contribution in [-0.4, -0.2) is 28.8 Å². The molecular weight excluding hydrogens is 192 g/mol. The second kappa shape index (κ2) is 4.96. The number of hydrogen-bond acceptors (Lipinski definition) is 3. The van der Waals surface area contributed by atoms with E-state index in [1.807, 2.05) is 6.92 Å². The highest BCUT2D eigenvalue weighted by Crippen LogP contribution is 2.16. The van der Waals surface area contributed by atoms with Crippen molar-refractivity contribution in [1.29, 1.82) is 0 Å². The minimum Gasteiger partial charge on any atom is -0.478 e. The maximum Gasteiger partial charge on any atom is 0.330 e. The van der Waals surface area contributed by atoms with Gasteiger partial charge in [0.25, 0.3) is 0 Å². The van der Waals surface area contributed by atoms with Crippen LogP contribution in [0.25, 0.3) is 0 Å². The molecule has 0 saturated carbocycles. The molecule has 0 fully saturated rings. The van der Waals surface area contributed by atoms with Crippen LogP contribution in [0.3, 0.4) is 0 Å². The quantitative estimate of drug-likeness (QED) is 0.444. The lowest BCUT2D eigenvalue weighted by Crippen LogP contribution is -2.21. The van der Waals surface area contributed by atoms with Gasteiger partial charge in [-0.25, -0.2) is 4.79 Å². The lowest BCUT2D eigenvalue weighted by Gasteiger charge is -2.22. The van der Waals surface area contributed by atoms with Crippen molar-refractivity contribution < 1.29 is 9.90 Å². The standard InChI is InChI=1S/C11H20N2O2/c1-8(7-10(14)15)13(6)12-9(2)11(3,4)5/h7H,1-6H3,(H,14,15). The van der Waals surface area contributed by atoms with Crippen LogP contribution in [0.4, 0.5) is 0 Å². The highest BCUT2D eigenvalue weighted by molar-refractivity contribution is 5.86. The van der Waals surface area contributed by atoms with Gasteiger partial charge in [-0.1, -0.05) is 20.8 Å². The predicted octanol–water partition coefficient (Wildman–Crippen LogP) is 2.33. The molecule has 0 bridgehead atoms. The van der Waals surface area contributed by atoms with Gasteiger partial charge in [-0.05, 0) is 13.8 Å². The van der Waals surface area contributed by atoms with Crippen LogP contribution in [0.5, 0.6) is 0 Å². The van der Waals surface area contributed by atoms with Crippen molar-refractivity contribution >= 4 is 11.7 Å². The van der Waals surface area contributed by atoms with Gasteiger partial charge in [0.2, 0.25) is 0 Å². The first-order valence-electron chi connectivity index (χ1n) is 4.85. The van der Waals surface area contributed by atoms with E-state index in [-0.39, 0.29) is 5.41 Å². The molecule has 0 aromatic rings. The molecule has 0 saturated heterocycles. The van der Waals surface area contributed by atoms with Crippen molar-refractivity contribution in [3.8, 4) is 0 Å². The van der Waals surface area contributed by atoms with Crippen molar-refractivity contribution in [2.75, 3.05) is 7.05 Å². The number of hydrogen-bond donors (Lipinski definition) is 1. The molecule has 0 aromatic heterocycles. The summed E-state index contributed by atoms with van der Waals surface area (Å²) in [6.07, 6.45) is 1.14. The Morgan fingerprint density at radius 2 is 1.80 bits per heavy atom. The number of nitrogens with zero attached hydrogens (tertiary/aromatic N) is 2. The maximum absolute atomic E-state index is 10.4. The largest absolute Gasteiger partial charge is 0.478 e. The van der Waals surface area contributed by atoms with Gasteiger partial charge in [0.1, 0.15) is 0 Å². The molecule has 4 nitrogen and oxygen atoms in total. The van der Waals surface area contributed by atoms with E-state index in [1.165, 1.54) is 0 Å². The lowest BCUT2D eigenvalue weighted by atomic mass is 9.91. The molecule has 0 amide bonds. The summed E-state index contributed by atoms with van der Waals surface area (Å²) in [5.74, 6) is -0.956. The summed E-state index contributed by atoms with van der Waals surface area (Å²) < 4.78 is 0. The molecular formula is C11H20N2O2. The zero-order chi connectivity index (χ0) is 12.2. The molecule has 0 heterocycles. The van der Waals surface area contributed by atoms with Crippen molar-refractivity contribution in [2.45, 2.75) is 34.6 Å². The lowest BCUT2D eigenvalue weighted by molar-refractivity contribution is -0.131. The van der Waals surface area contributed by atoms with Gasteiger partial charge in [0, 0.05) is 29.9 Å². The Hall–Kier alpha value is -1.32. The Labute approximate surface area is 91.3 Å². The Bertz CT molecular complexity index is 298. The Kier molecular flexibility index (Phi) is 4.52. The topological polar surface area (TPSA) is 52.9 Å². The normalized spacial score (nSPS) is 14.0. The van der Waals surface area contributed by atoms with E-state index in [1.54, 1.807) is 19.0 Å². The number of rotatable bonds is 3. The van der Waals surface area contributed by atoms with Gasteiger partial charge in [-0.3, -0.25) is 5.01 Å². The molecule has 0 aliphatic carbocycles. The first-order valence-corrected chi connectivity index (χ1v) is 4.85. The Morgan fingerprint density at radius 3 is 2.13 bits per heavy atom. The Balaban J connectivity index is 4.76. The second-order valence-corrected chi connectivity index (χ2v) is 4.58. The number of carbonyl (C=O) groups is 1. The fourth-order valence-corrected chi connectivity index (χ4v) is 0.726. The summed E-state index contributed by atoms with van der Waals surface area (Å²) in [6, 6.07) is 0. The number of aliphatic carboxylic acids is 1. The molecule has 15 heavy (non-hydrogen) atoms. The van der Waals surface area contributed by atoms with E-state index in [9.17, 15) is 4.79 Å². The summed E-state index contributed by atoms with van der Waals surface area (Å²) in [5.41, 5.74) is 1.56. The second-order valence-electron chi connectivity index (χ2n) is 4.58. The van der Waals surface area contributed by atoms with E-state index in [0.717, 1.165) is 11.8 Å². The van der Waals surface area contributed by atoms with E-state index in [2.05, 4.69) is 25.9 Å². The molecule has 0 unspecified atom stereocenters. The minimum absolute atomic E-state index is 0.00222. The van der Waals surface area contributed by atoms with Crippen LogP contribution in [0.2, 0.25) is 0 Å². The molecule has 0 aliphatic rings. The molecule has 1 N–H and O–H groups in total. The van der Waals surface area contributed by atoms with E-state index in [0.29, 0.717) is 5.70 Å². The zero-order valence-electron chi connectivity index (χ0n) is 10.3. The fraction of sp³-hybridized carbons (Fsp3) is 0.636. The highest BCUT2D eigenvalue weighted by Gasteiger charge is 2.15. The molecule has 4 heteroatoms. The van der Waals surface area contributed by atoms with E-state index in [4.69, 9.17) is 5.11 Å². The summed E-state index contributed by atoms with van der Waals surface area (Å²) in [7, 11) is 1.74. The molecule has 0 atom stereocenters. The fourth-order valence-electron chi connectivity index (χ4n) is 0.726.